The van der Waals surface area contributed by atoms with Gasteiger partial charge in [0.2, 0.25) is 0 Å². The van der Waals surface area contributed by atoms with Crippen LogP contribution in [0, 0.1) is 11.3 Å². The molecule has 1 N–H and O–H groups in total. The van der Waals surface area contributed by atoms with Gasteiger partial charge in [-0.15, -0.1) is 0 Å². The fraction of sp³-hybridized carbons (Fsp3) is 0. The van der Waals surface area contributed by atoms with Crippen LogP contribution in [0.4, 0.5) is 5.69 Å². The molecule has 0 atom stereocenters. The first kappa shape index (κ1) is 11.0. The minimum atomic E-state index is 0.620. The number of nitrogens with one attached hydrogen (secondary N) is 1. The molecular weight excluding hydrogens is 208 g/mol. The van der Waals surface area contributed by atoms with Gasteiger partial charge in [0.25, 0.3) is 0 Å². The Kier molecular flexibility index (Phi) is 3.57. The number of nitriles is 1. The highest BCUT2D eigenvalue weighted by molar-refractivity contribution is 5.78. The Morgan fingerprint density at radius 1 is 0.941 bits per heavy atom. The second kappa shape index (κ2) is 5.53. The Bertz CT molecular complexity index is 536. The van der Waals surface area contributed by atoms with E-state index < -0.39 is 0 Å². The Hall–Kier alpha value is -2.53. The molecule has 0 fully saturated rings. The third-order valence-corrected chi connectivity index (χ3v) is 2.36. The predicted molar refractivity (Wildman–Crippen MR) is 70.1 cm³/mol. The lowest BCUT2D eigenvalue weighted by molar-refractivity contribution is 1.50. The van der Waals surface area contributed by atoms with Crippen LogP contribution in [0.3, 0.4) is 0 Å². The van der Waals surface area contributed by atoms with E-state index in [-0.39, 0.29) is 0 Å². The topological polar surface area (TPSA) is 35.8 Å². The van der Waals surface area contributed by atoms with E-state index in [2.05, 4.69) is 11.4 Å². The second-order valence-electron chi connectivity index (χ2n) is 3.55. The van der Waals surface area contributed by atoms with Gasteiger partial charge in [0, 0.05) is 11.9 Å². The smallest absolute Gasteiger partial charge is 0.101 e. The first-order valence-electron chi connectivity index (χ1n) is 5.37. The van der Waals surface area contributed by atoms with Gasteiger partial charge >= 0.3 is 0 Å². The number of rotatable bonds is 3. The summed E-state index contributed by atoms with van der Waals surface area (Å²) < 4.78 is 0. The molecule has 0 heterocycles. The minimum Gasteiger partial charge on any atom is -0.360 e. The molecule has 2 aromatic rings. The second-order valence-corrected chi connectivity index (χ2v) is 3.55. The van der Waals surface area contributed by atoms with Gasteiger partial charge in [-0.3, -0.25) is 0 Å². The maximum absolute atomic E-state index is 9.10. The maximum atomic E-state index is 9.10. The number of hydrogen-bond acceptors (Lipinski definition) is 2. The van der Waals surface area contributed by atoms with E-state index in [1.54, 1.807) is 6.20 Å². The number of benzene rings is 2. The van der Waals surface area contributed by atoms with Crippen molar-refractivity contribution in [3.8, 4) is 6.07 Å². The fourth-order valence-corrected chi connectivity index (χ4v) is 1.49. The molecule has 0 unspecified atom stereocenters. The average Bonchev–Trinajstić information content (AvgIpc) is 2.42. The van der Waals surface area contributed by atoms with Gasteiger partial charge in [0.15, 0.2) is 0 Å². The Morgan fingerprint density at radius 3 is 2.12 bits per heavy atom. The van der Waals surface area contributed by atoms with E-state index in [1.165, 1.54) is 0 Å². The summed E-state index contributed by atoms with van der Waals surface area (Å²) in [6.45, 7) is 0. The van der Waals surface area contributed by atoms with Crippen LogP contribution >= 0.6 is 0 Å². The molecule has 0 aliphatic carbocycles. The highest BCUT2D eigenvalue weighted by Gasteiger charge is 1.98. The van der Waals surface area contributed by atoms with Crippen LogP contribution in [-0.4, -0.2) is 0 Å². The molecule has 0 aliphatic rings. The molecule has 0 aliphatic heterocycles. The SMILES string of the molecule is N#CC(=CNc1ccccc1)c1ccccc1. The number of allylic oxidation sites excluding steroid dienone is 1. The molecule has 17 heavy (non-hydrogen) atoms. The van der Waals surface area contributed by atoms with Crippen molar-refractivity contribution in [3.63, 3.8) is 0 Å². The minimum absolute atomic E-state index is 0.620. The number of hydrogen-bond donors (Lipinski definition) is 1. The summed E-state index contributed by atoms with van der Waals surface area (Å²) in [6, 6.07) is 21.6. The van der Waals surface area contributed by atoms with Gasteiger partial charge in [0.05, 0.1) is 5.57 Å². The Morgan fingerprint density at radius 2 is 1.53 bits per heavy atom. The van der Waals surface area contributed by atoms with E-state index in [0.717, 1.165) is 11.3 Å². The van der Waals surface area contributed by atoms with Crippen molar-refractivity contribution in [1.29, 1.82) is 5.26 Å². The zero-order chi connectivity index (χ0) is 11.9. The van der Waals surface area contributed by atoms with Crippen LogP contribution in [0.15, 0.2) is 66.9 Å². The first-order chi connectivity index (χ1) is 8.40. The van der Waals surface area contributed by atoms with E-state index in [1.807, 2.05) is 60.7 Å². The van der Waals surface area contributed by atoms with Crippen molar-refractivity contribution in [2.75, 3.05) is 5.32 Å². The zero-order valence-corrected chi connectivity index (χ0v) is 9.30. The number of nitrogens with zero attached hydrogens (tertiary/aromatic N) is 1. The van der Waals surface area contributed by atoms with E-state index in [9.17, 15) is 0 Å². The van der Waals surface area contributed by atoms with Crippen LogP contribution < -0.4 is 5.32 Å². The zero-order valence-electron chi connectivity index (χ0n) is 9.30. The van der Waals surface area contributed by atoms with Gasteiger partial charge in [-0.25, -0.2) is 0 Å². The van der Waals surface area contributed by atoms with Crippen molar-refractivity contribution in [2.45, 2.75) is 0 Å². The Balaban J connectivity index is 2.18. The van der Waals surface area contributed by atoms with Crippen LogP contribution in [0.2, 0.25) is 0 Å². The molecule has 0 saturated heterocycles. The monoisotopic (exact) mass is 220 g/mol. The maximum Gasteiger partial charge on any atom is 0.101 e. The van der Waals surface area contributed by atoms with Crippen LogP contribution in [0.5, 0.6) is 0 Å². The van der Waals surface area contributed by atoms with Crippen LogP contribution in [0.1, 0.15) is 5.56 Å². The molecule has 82 valence electrons. The highest BCUT2D eigenvalue weighted by atomic mass is 14.8. The van der Waals surface area contributed by atoms with Gasteiger partial charge in [-0.2, -0.15) is 5.26 Å². The van der Waals surface area contributed by atoms with Gasteiger partial charge < -0.3 is 5.32 Å². The van der Waals surface area contributed by atoms with E-state index in [4.69, 9.17) is 5.26 Å². The summed E-state index contributed by atoms with van der Waals surface area (Å²) in [5.74, 6) is 0. The van der Waals surface area contributed by atoms with Gasteiger partial charge in [0.1, 0.15) is 6.07 Å². The van der Waals surface area contributed by atoms with Crippen LogP contribution in [0.25, 0.3) is 5.57 Å². The van der Waals surface area contributed by atoms with Crippen molar-refractivity contribution in [2.24, 2.45) is 0 Å². The molecule has 0 bridgehead atoms. The van der Waals surface area contributed by atoms with Crippen molar-refractivity contribution in [1.82, 2.24) is 0 Å². The molecule has 2 nitrogen and oxygen atoms in total. The fourth-order valence-electron chi connectivity index (χ4n) is 1.49. The summed E-state index contributed by atoms with van der Waals surface area (Å²) in [6.07, 6.45) is 1.73. The van der Waals surface area contributed by atoms with E-state index >= 15 is 0 Å². The van der Waals surface area contributed by atoms with Crippen molar-refractivity contribution >= 4 is 11.3 Å². The summed E-state index contributed by atoms with van der Waals surface area (Å²) in [5.41, 5.74) is 2.50. The quantitative estimate of drug-likeness (QED) is 0.801. The van der Waals surface area contributed by atoms with Gasteiger partial charge in [-0.1, -0.05) is 48.5 Å². The predicted octanol–water partition coefficient (Wildman–Crippen LogP) is 3.66. The summed E-state index contributed by atoms with van der Waals surface area (Å²) in [7, 11) is 0. The molecule has 0 radical (unpaired) electrons. The third kappa shape index (κ3) is 2.96. The van der Waals surface area contributed by atoms with E-state index in [0.29, 0.717) is 5.57 Å². The Labute approximate surface area is 101 Å². The molecule has 0 spiro atoms. The molecule has 0 amide bonds. The molecular formula is C15H12N2. The average molecular weight is 220 g/mol. The lowest BCUT2D eigenvalue weighted by Gasteiger charge is -2.02. The van der Waals surface area contributed by atoms with Crippen LogP contribution in [-0.2, 0) is 0 Å². The summed E-state index contributed by atoms with van der Waals surface area (Å²) in [4.78, 5) is 0. The summed E-state index contributed by atoms with van der Waals surface area (Å²) in [5, 5.41) is 12.2. The van der Waals surface area contributed by atoms with Crippen molar-refractivity contribution < 1.29 is 0 Å². The summed E-state index contributed by atoms with van der Waals surface area (Å²) >= 11 is 0. The molecule has 2 heteroatoms. The largest absolute Gasteiger partial charge is 0.360 e. The van der Waals surface area contributed by atoms with Crippen molar-refractivity contribution in [3.05, 3.63) is 72.4 Å². The molecule has 2 aromatic carbocycles. The van der Waals surface area contributed by atoms with Gasteiger partial charge in [-0.05, 0) is 17.7 Å². The lowest BCUT2D eigenvalue weighted by Crippen LogP contribution is -1.90. The third-order valence-electron chi connectivity index (χ3n) is 2.36. The molecule has 2 rings (SSSR count). The first-order valence-corrected chi connectivity index (χ1v) is 5.37. The molecule has 0 aromatic heterocycles. The highest BCUT2D eigenvalue weighted by Crippen LogP contribution is 2.14. The number of para-hydroxylation sites is 1. The normalized spacial score (nSPS) is 10.6. The number of anilines is 1. The standard InChI is InChI=1S/C15H12N2/c16-11-14(13-7-3-1-4-8-13)12-17-15-9-5-2-6-10-15/h1-10,12,17H. The molecule has 0 saturated carbocycles. The lowest BCUT2D eigenvalue weighted by atomic mass is 10.1.